The van der Waals surface area contributed by atoms with Gasteiger partial charge in [0.25, 0.3) is 5.91 Å². The number of nitrogens with zero attached hydrogens (tertiary/aromatic N) is 3. The van der Waals surface area contributed by atoms with Crippen molar-refractivity contribution in [1.82, 2.24) is 19.9 Å². The zero-order chi connectivity index (χ0) is 29.3. The average molecular weight is 581 g/mol. The number of ether oxygens (including phenoxy) is 1. The van der Waals surface area contributed by atoms with E-state index in [1.54, 1.807) is 13.8 Å². The number of pyridine rings is 1. The fourth-order valence-corrected chi connectivity index (χ4v) is 4.56. The SMILES string of the molecule is CCc1nc(C(=O)NCC2CCC(C)CC2)c(C)n1-c1ncc(C[C@H](C)C(F)(F)F)cc1OC(F)F.O=S=O. The molecule has 39 heavy (non-hydrogen) atoms. The third kappa shape index (κ3) is 9.07. The van der Waals surface area contributed by atoms with Crippen molar-refractivity contribution < 1.29 is 39.9 Å². The molecule has 1 amide bonds. The predicted octanol–water partition coefficient (Wildman–Crippen LogP) is 5.37. The van der Waals surface area contributed by atoms with Gasteiger partial charge >= 0.3 is 24.4 Å². The molecule has 1 atom stereocenters. The zero-order valence-electron chi connectivity index (χ0n) is 22.2. The summed E-state index contributed by atoms with van der Waals surface area (Å²) < 4.78 is 88.1. The minimum atomic E-state index is -4.43. The maximum atomic E-state index is 13.2. The average Bonchev–Trinajstić information content (AvgIpc) is 3.19. The normalized spacial score (nSPS) is 18.2. The van der Waals surface area contributed by atoms with Crippen molar-refractivity contribution in [2.24, 2.45) is 17.8 Å². The first-order chi connectivity index (χ1) is 18.3. The second kappa shape index (κ2) is 14.5. The molecule has 14 heteroatoms. The van der Waals surface area contributed by atoms with Crippen molar-refractivity contribution in [3.05, 3.63) is 35.0 Å². The van der Waals surface area contributed by atoms with E-state index in [1.165, 1.54) is 10.8 Å². The van der Waals surface area contributed by atoms with Crippen molar-refractivity contribution in [2.45, 2.75) is 79.0 Å². The molecule has 2 heterocycles. The van der Waals surface area contributed by atoms with Crippen LogP contribution in [0.1, 0.15) is 74.0 Å². The highest BCUT2D eigenvalue weighted by atomic mass is 32.1. The molecule has 1 saturated carbocycles. The Bertz CT molecular complexity index is 1140. The molecule has 1 fully saturated rings. The highest BCUT2D eigenvalue weighted by Crippen LogP contribution is 2.32. The first kappa shape index (κ1) is 32.3. The molecule has 0 bridgehead atoms. The Morgan fingerprint density at radius 2 is 1.85 bits per heavy atom. The van der Waals surface area contributed by atoms with E-state index in [0.29, 0.717) is 36.3 Å². The van der Waals surface area contributed by atoms with E-state index in [2.05, 4.69) is 26.9 Å². The number of carbonyl (C=O) groups is 1. The number of aryl methyl sites for hydroxylation is 1. The number of aromatic nitrogens is 3. The lowest BCUT2D eigenvalue weighted by atomic mass is 9.83. The Kier molecular flexibility index (Phi) is 12.0. The Labute approximate surface area is 227 Å². The van der Waals surface area contributed by atoms with E-state index < -0.39 is 36.7 Å². The second-order valence-electron chi connectivity index (χ2n) is 9.75. The lowest BCUT2D eigenvalue weighted by Gasteiger charge is -2.26. The topological polar surface area (TPSA) is 103 Å². The first-order valence-corrected chi connectivity index (χ1v) is 13.3. The van der Waals surface area contributed by atoms with Gasteiger partial charge in [0.1, 0.15) is 11.5 Å². The van der Waals surface area contributed by atoms with Crippen LogP contribution in [0.4, 0.5) is 22.0 Å². The number of hydrogen-bond acceptors (Lipinski definition) is 6. The van der Waals surface area contributed by atoms with E-state index >= 15 is 0 Å². The standard InChI is InChI=1S/C25H33F5N4O2.O2S/c1-5-20-33-21(23(35)32-12-17-8-6-14(2)7-9-17)16(4)34(20)22-19(36-24(26)27)11-18(13-31-22)10-15(3)25(28,29)30;1-3-2/h11,13-15,17,24H,5-10,12H2,1-4H3,(H,32,35);/t14?,15-,17?;/m0./s1. The maximum absolute atomic E-state index is 13.2. The molecule has 0 spiro atoms. The number of halogens is 5. The van der Waals surface area contributed by atoms with Crippen LogP contribution >= 0.6 is 0 Å². The molecule has 0 saturated heterocycles. The number of carbonyl (C=O) groups excluding carboxylic acids is 1. The quantitative estimate of drug-likeness (QED) is 0.401. The number of rotatable bonds is 9. The largest absolute Gasteiger partial charge is 0.431 e. The van der Waals surface area contributed by atoms with Crippen molar-refractivity contribution in [1.29, 1.82) is 0 Å². The molecule has 1 N–H and O–H groups in total. The summed E-state index contributed by atoms with van der Waals surface area (Å²) in [7, 11) is 0. The summed E-state index contributed by atoms with van der Waals surface area (Å²) in [6, 6.07) is 1.14. The monoisotopic (exact) mass is 580 g/mol. The van der Waals surface area contributed by atoms with Crippen LogP contribution < -0.4 is 10.1 Å². The number of alkyl halides is 5. The van der Waals surface area contributed by atoms with Gasteiger partial charge in [-0.05, 0) is 49.7 Å². The molecule has 0 aromatic carbocycles. The Morgan fingerprint density at radius 3 is 2.38 bits per heavy atom. The number of amides is 1. The molecule has 0 radical (unpaired) electrons. The highest BCUT2D eigenvalue weighted by Gasteiger charge is 2.36. The van der Waals surface area contributed by atoms with Gasteiger partial charge in [-0.15, -0.1) is 0 Å². The van der Waals surface area contributed by atoms with Gasteiger partial charge < -0.3 is 10.1 Å². The molecular weight excluding hydrogens is 547 g/mol. The lowest BCUT2D eigenvalue weighted by Crippen LogP contribution is -2.31. The Balaban J connectivity index is 0.00000170. The van der Waals surface area contributed by atoms with E-state index in [1.807, 2.05) is 0 Å². The van der Waals surface area contributed by atoms with Crippen LogP contribution in [0.15, 0.2) is 12.3 Å². The van der Waals surface area contributed by atoms with Gasteiger partial charge in [-0.2, -0.15) is 30.4 Å². The summed E-state index contributed by atoms with van der Waals surface area (Å²) >= 11 is -0.750. The summed E-state index contributed by atoms with van der Waals surface area (Å²) in [5, 5.41) is 2.94. The highest BCUT2D eigenvalue weighted by molar-refractivity contribution is 7.51. The number of hydrogen-bond donors (Lipinski definition) is 1. The van der Waals surface area contributed by atoms with E-state index in [9.17, 15) is 26.7 Å². The van der Waals surface area contributed by atoms with Crippen LogP contribution in [-0.4, -0.2) is 48.2 Å². The number of nitrogens with one attached hydrogen (secondary N) is 1. The van der Waals surface area contributed by atoms with Crippen LogP contribution in [0.3, 0.4) is 0 Å². The lowest BCUT2D eigenvalue weighted by molar-refractivity contribution is -0.169. The molecule has 0 aliphatic heterocycles. The molecule has 3 rings (SSSR count). The van der Waals surface area contributed by atoms with Crippen LogP contribution in [-0.2, 0) is 24.4 Å². The first-order valence-electron chi connectivity index (χ1n) is 12.6. The third-order valence-electron chi connectivity index (χ3n) is 6.81. The van der Waals surface area contributed by atoms with E-state index in [4.69, 9.17) is 8.42 Å². The molecular formula is C25H33F5N4O4S. The fourth-order valence-electron chi connectivity index (χ4n) is 4.56. The summed E-state index contributed by atoms with van der Waals surface area (Å²) in [5.41, 5.74) is 0.634. The molecule has 0 unspecified atom stereocenters. The van der Waals surface area contributed by atoms with Gasteiger partial charge in [0.2, 0.25) is 0 Å². The minimum Gasteiger partial charge on any atom is -0.431 e. The molecule has 218 valence electrons. The third-order valence-corrected chi connectivity index (χ3v) is 6.81. The van der Waals surface area contributed by atoms with Gasteiger partial charge in [0, 0.05) is 19.2 Å². The summed E-state index contributed by atoms with van der Waals surface area (Å²) in [5.74, 6) is -0.997. The minimum absolute atomic E-state index is 0.0547. The van der Waals surface area contributed by atoms with Crippen molar-refractivity contribution >= 4 is 17.5 Å². The smallest absolute Gasteiger partial charge is 0.391 e. The molecule has 8 nitrogen and oxygen atoms in total. The van der Waals surface area contributed by atoms with E-state index in [-0.39, 0.29) is 28.7 Å². The summed E-state index contributed by atoms with van der Waals surface area (Å²) in [4.78, 5) is 21.5. The van der Waals surface area contributed by atoms with Crippen molar-refractivity contribution in [3.63, 3.8) is 0 Å². The maximum Gasteiger partial charge on any atom is 0.391 e. The summed E-state index contributed by atoms with van der Waals surface area (Å²) in [6.45, 7) is 3.96. The van der Waals surface area contributed by atoms with Gasteiger partial charge in [-0.25, -0.2) is 9.97 Å². The predicted molar refractivity (Wildman–Crippen MR) is 133 cm³/mol. The van der Waals surface area contributed by atoms with Gasteiger partial charge in [-0.3, -0.25) is 9.36 Å². The van der Waals surface area contributed by atoms with E-state index in [0.717, 1.165) is 38.7 Å². The van der Waals surface area contributed by atoms with Crippen LogP contribution in [0.5, 0.6) is 5.75 Å². The van der Waals surface area contributed by atoms with Crippen LogP contribution in [0.2, 0.25) is 0 Å². The van der Waals surface area contributed by atoms with Crippen LogP contribution in [0, 0.1) is 24.7 Å². The number of imidazole rings is 1. The zero-order valence-corrected chi connectivity index (χ0v) is 23.0. The van der Waals surface area contributed by atoms with Crippen LogP contribution in [0.25, 0.3) is 5.82 Å². The van der Waals surface area contributed by atoms with Crippen molar-refractivity contribution in [3.8, 4) is 11.6 Å². The fraction of sp³-hybridized carbons (Fsp3) is 0.640. The molecule has 1 aliphatic rings. The van der Waals surface area contributed by atoms with Gasteiger partial charge in [-0.1, -0.05) is 33.6 Å². The van der Waals surface area contributed by atoms with Gasteiger partial charge in [0.15, 0.2) is 11.6 Å². The Hall–Kier alpha value is -2.90. The summed E-state index contributed by atoms with van der Waals surface area (Å²) in [6.07, 6.45) is 1.05. The molecule has 2 aromatic heterocycles. The molecule has 1 aliphatic carbocycles. The van der Waals surface area contributed by atoms with Crippen molar-refractivity contribution in [2.75, 3.05) is 6.54 Å². The second-order valence-corrected chi connectivity index (χ2v) is 9.88. The van der Waals surface area contributed by atoms with Gasteiger partial charge in [0.05, 0.1) is 11.6 Å². The Morgan fingerprint density at radius 1 is 1.23 bits per heavy atom. The molecule has 2 aromatic rings.